The van der Waals surface area contributed by atoms with Crippen LogP contribution in [0.15, 0.2) is 0 Å². The number of hydrogen-bond donors (Lipinski definition) is 2. The van der Waals surface area contributed by atoms with Crippen molar-refractivity contribution in [3.63, 3.8) is 0 Å². The minimum Gasteiger partial charge on any atom is -0.393 e. The zero-order valence-corrected chi connectivity index (χ0v) is 8.25. The fourth-order valence-electron chi connectivity index (χ4n) is 2.14. The highest BCUT2D eigenvalue weighted by Crippen LogP contribution is 2.37. The quantitative estimate of drug-likeness (QED) is 0.582. The largest absolute Gasteiger partial charge is 0.393 e. The van der Waals surface area contributed by atoms with Crippen molar-refractivity contribution in [1.82, 2.24) is 0 Å². The summed E-state index contributed by atoms with van der Waals surface area (Å²) in [5.41, 5.74) is 0.166. The van der Waals surface area contributed by atoms with E-state index in [2.05, 4.69) is 20.8 Å². The van der Waals surface area contributed by atoms with Crippen molar-refractivity contribution in [2.24, 2.45) is 11.3 Å². The molecule has 0 spiro atoms. The van der Waals surface area contributed by atoms with E-state index in [9.17, 15) is 10.2 Å². The Morgan fingerprint density at radius 1 is 1.08 bits per heavy atom. The predicted molar refractivity (Wildman–Crippen MR) is 48.8 cm³/mol. The highest BCUT2D eigenvalue weighted by molar-refractivity contribution is 4.86. The molecule has 2 heteroatoms. The molecule has 2 N–H and O–H groups in total. The van der Waals surface area contributed by atoms with E-state index in [1.54, 1.807) is 0 Å². The molecule has 72 valence electrons. The van der Waals surface area contributed by atoms with Crippen molar-refractivity contribution < 1.29 is 10.2 Å². The van der Waals surface area contributed by atoms with Crippen molar-refractivity contribution in [2.75, 3.05) is 0 Å². The van der Waals surface area contributed by atoms with Crippen molar-refractivity contribution >= 4 is 0 Å². The molecule has 1 aliphatic rings. The first-order valence-corrected chi connectivity index (χ1v) is 4.77. The molecule has 1 aliphatic carbocycles. The van der Waals surface area contributed by atoms with Crippen LogP contribution in [0.3, 0.4) is 0 Å². The summed E-state index contributed by atoms with van der Waals surface area (Å²) in [6.07, 6.45) is 1.76. The van der Waals surface area contributed by atoms with E-state index in [-0.39, 0.29) is 17.6 Å². The van der Waals surface area contributed by atoms with Crippen LogP contribution in [0.2, 0.25) is 0 Å². The Morgan fingerprint density at radius 2 is 1.67 bits per heavy atom. The molecule has 0 saturated heterocycles. The summed E-state index contributed by atoms with van der Waals surface area (Å²) in [6.45, 7) is 6.45. The van der Waals surface area contributed by atoms with Crippen molar-refractivity contribution in [3.8, 4) is 0 Å². The summed E-state index contributed by atoms with van der Waals surface area (Å²) in [6, 6.07) is 0. The Balaban J connectivity index is 2.57. The smallest absolute Gasteiger partial charge is 0.0598 e. The Morgan fingerprint density at radius 3 is 2.08 bits per heavy atom. The molecule has 2 nitrogen and oxygen atoms in total. The molecule has 1 rings (SSSR count). The Labute approximate surface area is 74.6 Å². The number of aliphatic hydroxyl groups excluding tert-OH is 2. The molecule has 0 radical (unpaired) electrons. The van der Waals surface area contributed by atoms with Crippen LogP contribution in [-0.2, 0) is 0 Å². The monoisotopic (exact) mass is 172 g/mol. The molecule has 0 aromatic heterocycles. The second-order valence-corrected chi connectivity index (χ2v) is 5.01. The molecule has 1 saturated carbocycles. The van der Waals surface area contributed by atoms with Gasteiger partial charge in [0.15, 0.2) is 0 Å². The zero-order chi connectivity index (χ0) is 9.35. The molecule has 0 heterocycles. The van der Waals surface area contributed by atoms with E-state index in [0.717, 1.165) is 12.8 Å². The van der Waals surface area contributed by atoms with Gasteiger partial charge in [-0.25, -0.2) is 0 Å². The zero-order valence-electron chi connectivity index (χ0n) is 8.25. The predicted octanol–water partition coefficient (Wildman–Crippen LogP) is 1.55. The lowest BCUT2D eigenvalue weighted by atomic mass is 9.70. The van der Waals surface area contributed by atoms with E-state index >= 15 is 0 Å². The molecule has 0 aromatic carbocycles. The third kappa shape index (κ3) is 2.20. The lowest BCUT2D eigenvalue weighted by molar-refractivity contribution is -0.0372. The average molecular weight is 172 g/mol. The normalized spacial score (nSPS) is 38.2. The van der Waals surface area contributed by atoms with Gasteiger partial charge in [-0.3, -0.25) is 0 Å². The molecule has 0 aromatic rings. The molecule has 1 fully saturated rings. The van der Waals surface area contributed by atoms with Gasteiger partial charge in [0.1, 0.15) is 0 Å². The lowest BCUT2D eigenvalue weighted by Crippen LogP contribution is -2.39. The molecule has 0 aliphatic heterocycles. The number of aliphatic hydroxyl groups is 2. The van der Waals surface area contributed by atoms with Gasteiger partial charge in [0, 0.05) is 0 Å². The molecule has 0 unspecified atom stereocenters. The minimum atomic E-state index is -0.311. The van der Waals surface area contributed by atoms with Crippen molar-refractivity contribution in [1.29, 1.82) is 0 Å². The van der Waals surface area contributed by atoms with Gasteiger partial charge in [-0.15, -0.1) is 0 Å². The topological polar surface area (TPSA) is 40.5 Å². The van der Waals surface area contributed by atoms with E-state index < -0.39 is 0 Å². The minimum absolute atomic E-state index is 0.166. The maximum Gasteiger partial charge on any atom is 0.0598 e. The van der Waals surface area contributed by atoms with Crippen LogP contribution >= 0.6 is 0 Å². The van der Waals surface area contributed by atoms with Gasteiger partial charge >= 0.3 is 0 Å². The first kappa shape index (κ1) is 10.0. The van der Waals surface area contributed by atoms with Gasteiger partial charge in [-0.1, -0.05) is 20.8 Å². The summed E-state index contributed by atoms with van der Waals surface area (Å²) in [5, 5.41) is 19.0. The van der Waals surface area contributed by atoms with E-state index in [0.29, 0.717) is 12.3 Å². The summed E-state index contributed by atoms with van der Waals surface area (Å²) >= 11 is 0. The first-order chi connectivity index (χ1) is 5.41. The molecule has 3 atom stereocenters. The SMILES string of the molecule is CC(C)(C)[C@@H]1CC[C@H](O)C[C@H]1O. The second-order valence-electron chi connectivity index (χ2n) is 5.01. The third-order valence-corrected chi connectivity index (χ3v) is 2.90. The van der Waals surface area contributed by atoms with Gasteiger partial charge in [-0.05, 0) is 30.6 Å². The molecule has 12 heavy (non-hydrogen) atoms. The third-order valence-electron chi connectivity index (χ3n) is 2.90. The van der Waals surface area contributed by atoms with Crippen molar-refractivity contribution in [3.05, 3.63) is 0 Å². The fourth-order valence-corrected chi connectivity index (χ4v) is 2.14. The average Bonchev–Trinajstić information content (AvgIpc) is 1.83. The molecular formula is C10H20O2. The standard InChI is InChI=1S/C10H20O2/c1-10(2,3)8-5-4-7(11)6-9(8)12/h7-9,11-12H,4-6H2,1-3H3/t7-,8+,9+/m0/s1. The van der Waals surface area contributed by atoms with Crippen LogP contribution in [0, 0.1) is 11.3 Å². The molecule has 0 bridgehead atoms. The summed E-state index contributed by atoms with van der Waals surface area (Å²) in [4.78, 5) is 0. The maximum absolute atomic E-state index is 9.71. The van der Waals surface area contributed by atoms with E-state index in [1.807, 2.05) is 0 Å². The van der Waals surface area contributed by atoms with Crippen LogP contribution in [0.25, 0.3) is 0 Å². The van der Waals surface area contributed by atoms with Gasteiger partial charge in [0.2, 0.25) is 0 Å². The van der Waals surface area contributed by atoms with Crippen molar-refractivity contribution in [2.45, 2.75) is 52.2 Å². The summed E-state index contributed by atoms with van der Waals surface area (Å²) < 4.78 is 0. The fraction of sp³-hybridized carbons (Fsp3) is 1.00. The summed E-state index contributed by atoms with van der Waals surface area (Å²) in [7, 11) is 0. The molecule has 0 amide bonds. The Bertz CT molecular complexity index is 148. The van der Waals surface area contributed by atoms with Crippen LogP contribution in [-0.4, -0.2) is 22.4 Å². The maximum atomic E-state index is 9.71. The van der Waals surface area contributed by atoms with Crippen LogP contribution < -0.4 is 0 Å². The lowest BCUT2D eigenvalue weighted by Gasteiger charge is -2.39. The number of hydrogen-bond acceptors (Lipinski definition) is 2. The first-order valence-electron chi connectivity index (χ1n) is 4.77. The van der Waals surface area contributed by atoms with Gasteiger partial charge in [0.05, 0.1) is 12.2 Å². The Hall–Kier alpha value is -0.0800. The van der Waals surface area contributed by atoms with E-state index in [1.165, 1.54) is 0 Å². The van der Waals surface area contributed by atoms with E-state index in [4.69, 9.17) is 0 Å². The van der Waals surface area contributed by atoms with Crippen LogP contribution in [0.1, 0.15) is 40.0 Å². The highest BCUT2D eigenvalue weighted by atomic mass is 16.3. The van der Waals surface area contributed by atoms with Crippen LogP contribution in [0.5, 0.6) is 0 Å². The van der Waals surface area contributed by atoms with Gasteiger partial charge in [0.25, 0.3) is 0 Å². The second kappa shape index (κ2) is 3.35. The summed E-state index contributed by atoms with van der Waals surface area (Å²) in [5.74, 6) is 0.348. The Kier molecular flexibility index (Phi) is 2.79. The van der Waals surface area contributed by atoms with Gasteiger partial charge < -0.3 is 10.2 Å². The van der Waals surface area contributed by atoms with Crippen LogP contribution in [0.4, 0.5) is 0 Å². The highest BCUT2D eigenvalue weighted by Gasteiger charge is 2.35. The van der Waals surface area contributed by atoms with Gasteiger partial charge in [-0.2, -0.15) is 0 Å². The molecular weight excluding hydrogens is 152 g/mol. The number of rotatable bonds is 0.